The quantitative estimate of drug-likeness (QED) is 0.188. The zero-order valence-corrected chi connectivity index (χ0v) is 27.0. The molecule has 3 heterocycles. The molecule has 0 radical (unpaired) electrons. The number of furan rings is 1. The molecule has 0 saturated carbocycles. The molecule has 4 nitrogen and oxygen atoms in total. The van der Waals surface area contributed by atoms with Crippen molar-refractivity contribution in [1.29, 1.82) is 0 Å². The summed E-state index contributed by atoms with van der Waals surface area (Å²) >= 11 is 0. The maximum atomic E-state index is 6.50. The minimum atomic E-state index is 0.676. The fraction of sp³-hybridized carbons (Fsp3) is 0. The van der Waals surface area contributed by atoms with Crippen LogP contribution in [-0.2, 0) is 0 Å². The van der Waals surface area contributed by atoms with E-state index in [-0.39, 0.29) is 0 Å². The average molecular weight is 640 g/mol. The summed E-state index contributed by atoms with van der Waals surface area (Å²) in [5.41, 5.74) is 13.1. The van der Waals surface area contributed by atoms with Crippen molar-refractivity contribution in [3.63, 3.8) is 0 Å². The lowest BCUT2D eigenvalue weighted by Gasteiger charge is -2.11. The van der Waals surface area contributed by atoms with E-state index in [0.29, 0.717) is 11.4 Å². The fourth-order valence-electron chi connectivity index (χ4n) is 7.23. The van der Waals surface area contributed by atoms with Gasteiger partial charge >= 0.3 is 0 Å². The minimum Gasteiger partial charge on any atom is -0.452 e. The van der Waals surface area contributed by atoms with Gasteiger partial charge in [-0.3, -0.25) is 0 Å². The highest BCUT2D eigenvalue weighted by Gasteiger charge is 2.19. The van der Waals surface area contributed by atoms with Crippen LogP contribution in [0, 0.1) is 0 Å². The van der Waals surface area contributed by atoms with Crippen molar-refractivity contribution in [1.82, 2.24) is 14.5 Å². The van der Waals surface area contributed by atoms with Crippen molar-refractivity contribution < 1.29 is 4.42 Å². The van der Waals surface area contributed by atoms with E-state index >= 15 is 0 Å². The molecule has 0 aliphatic rings. The van der Waals surface area contributed by atoms with Gasteiger partial charge in [-0.25, -0.2) is 9.97 Å². The second-order valence-electron chi connectivity index (χ2n) is 12.6. The van der Waals surface area contributed by atoms with Gasteiger partial charge in [-0.05, 0) is 64.7 Å². The molecule has 0 N–H and O–H groups in total. The molecule has 50 heavy (non-hydrogen) atoms. The van der Waals surface area contributed by atoms with Crippen molar-refractivity contribution in [3.8, 4) is 50.6 Å². The van der Waals surface area contributed by atoms with Gasteiger partial charge in [0.15, 0.2) is 11.4 Å². The standard InChI is InChI=1S/C46H29N3O/c1-3-13-30(14-4-1)43-45-44(48-46(47-43)31-15-5-2-6-16-31)39-29-35(25-26-42(39)50-45)33-18-11-17-32(27-33)34-19-12-20-36(28-34)49-40-23-9-7-21-37(40)38-22-8-10-24-41(38)49/h1-29H. The Balaban J connectivity index is 1.10. The number of hydrogen-bond donors (Lipinski definition) is 0. The van der Waals surface area contributed by atoms with E-state index in [1.54, 1.807) is 0 Å². The van der Waals surface area contributed by atoms with E-state index in [2.05, 4.69) is 132 Å². The predicted molar refractivity (Wildman–Crippen MR) is 205 cm³/mol. The smallest absolute Gasteiger partial charge is 0.180 e. The van der Waals surface area contributed by atoms with Crippen LogP contribution < -0.4 is 0 Å². The van der Waals surface area contributed by atoms with Crippen molar-refractivity contribution in [2.45, 2.75) is 0 Å². The van der Waals surface area contributed by atoms with Gasteiger partial charge in [-0.1, -0.05) is 133 Å². The second-order valence-corrected chi connectivity index (χ2v) is 12.6. The lowest BCUT2D eigenvalue weighted by Crippen LogP contribution is -1.94. The summed E-state index contributed by atoms with van der Waals surface area (Å²) in [6, 6.07) is 61.6. The van der Waals surface area contributed by atoms with E-state index in [9.17, 15) is 0 Å². The van der Waals surface area contributed by atoms with Crippen molar-refractivity contribution >= 4 is 43.9 Å². The first kappa shape index (κ1) is 28.3. The molecular weight excluding hydrogens is 611 g/mol. The summed E-state index contributed by atoms with van der Waals surface area (Å²) in [5.74, 6) is 0.676. The molecule has 10 rings (SSSR count). The first-order valence-electron chi connectivity index (χ1n) is 16.8. The van der Waals surface area contributed by atoms with Crippen LogP contribution in [0.5, 0.6) is 0 Å². The van der Waals surface area contributed by atoms with Crippen molar-refractivity contribution in [2.75, 3.05) is 0 Å². The molecule has 10 aromatic rings. The topological polar surface area (TPSA) is 43.9 Å². The van der Waals surface area contributed by atoms with E-state index in [0.717, 1.165) is 61.2 Å². The Morgan fingerprint density at radius 1 is 0.400 bits per heavy atom. The zero-order valence-electron chi connectivity index (χ0n) is 27.0. The predicted octanol–water partition coefficient (Wildman–Crippen LogP) is 12.1. The van der Waals surface area contributed by atoms with Crippen molar-refractivity contribution in [3.05, 3.63) is 176 Å². The van der Waals surface area contributed by atoms with E-state index in [4.69, 9.17) is 14.4 Å². The maximum Gasteiger partial charge on any atom is 0.180 e. The maximum absolute atomic E-state index is 6.50. The lowest BCUT2D eigenvalue weighted by atomic mass is 9.98. The van der Waals surface area contributed by atoms with Gasteiger partial charge in [-0.2, -0.15) is 0 Å². The summed E-state index contributed by atoms with van der Waals surface area (Å²) in [6.07, 6.45) is 0. The van der Waals surface area contributed by atoms with Gasteiger partial charge in [-0.15, -0.1) is 0 Å². The summed E-state index contributed by atoms with van der Waals surface area (Å²) < 4.78 is 8.86. The lowest BCUT2D eigenvalue weighted by molar-refractivity contribution is 0.667. The van der Waals surface area contributed by atoms with Crippen LogP contribution in [-0.4, -0.2) is 14.5 Å². The Morgan fingerprint density at radius 3 is 1.66 bits per heavy atom. The van der Waals surface area contributed by atoms with E-state index < -0.39 is 0 Å². The first-order chi connectivity index (χ1) is 24.8. The molecule has 0 amide bonds. The number of hydrogen-bond acceptors (Lipinski definition) is 3. The van der Waals surface area contributed by atoms with Crippen LogP contribution in [0.3, 0.4) is 0 Å². The van der Waals surface area contributed by atoms with Crippen LogP contribution in [0.25, 0.3) is 94.5 Å². The Hall–Kier alpha value is -6.78. The molecule has 3 aromatic heterocycles. The summed E-state index contributed by atoms with van der Waals surface area (Å²) in [5, 5.41) is 3.48. The molecule has 0 saturated heterocycles. The first-order valence-corrected chi connectivity index (χ1v) is 16.8. The van der Waals surface area contributed by atoms with Crippen LogP contribution in [0.2, 0.25) is 0 Å². The molecule has 4 heteroatoms. The molecule has 0 aliphatic carbocycles. The molecule has 0 atom stereocenters. The SMILES string of the molecule is c1ccc(-c2nc(-c3ccccc3)c3oc4ccc(-c5cccc(-c6cccc(-n7c8ccccc8c8ccccc87)c6)c5)cc4c3n2)cc1. The molecule has 7 aromatic carbocycles. The number of benzene rings is 7. The molecule has 0 spiro atoms. The number of aromatic nitrogens is 3. The van der Waals surface area contributed by atoms with E-state index in [1.807, 2.05) is 48.5 Å². The molecule has 0 aliphatic heterocycles. The summed E-state index contributed by atoms with van der Waals surface area (Å²) in [7, 11) is 0. The number of fused-ring (bicyclic) bond motifs is 6. The van der Waals surface area contributed by atoms with Crippen LogP contribution in [0.4, 0.5) is 0 Å². The van der Waals surface area contributed by atoms with Crippen LogP contribution in [0.15, 0.2) is 180 Å². The van der Waals surface area contributed by atoms with Gasteiger partial charge in [0.25, 0.3) is 0 Å². The Labute approximate surface area is 288 Å². The number of para-hydroxylation sites is 2. The highest BCUT2D eigenvalue weighted by Crippen LogP contribution is 2.38. The third-order valence-electron chi connectivity index (χ3n) is 9.61. The largest absolute Gasteiger partial charge is 0.452 e. The van der Waals surface area contributed by atoms with Crippen LogP contribution >= 0.6 is 0 Å². The summed E-state index contributed by atoms with van der Waals surface area (Å²) in [6.45, 7) is 0. The number of rotatable bonds is 5. The fourth-order valence-corrected chi connectivity index (χ4v) is 7.23. The molecule has 0 fully saturated rings. The van der Waals surface area contributed by atoms with Gasteiger partial charge in [0.05, 0.1) is 11.0 Å². The third-order valence-corrected chi connectivity index (χ3v) is 9.61. The Morgan fingerprint density at radius 2 is 0.960 bits per heavy atom. The summed E-state index contributed by atoms with van der Waals surface area (Å²) in [4.78, 5) is 10.1. The van der Waals surface area contributed by atoms with Crippen molar-refractivity contribution in [2.24, 2.45) is 0 Å². The monoisotopic (exact) mass is 639 g/mol. The Bertz CT molecular complexity index is 2810. The highest BCUT2D eigenvalue weighted by atomic mass is 16.3. The minimum absolute atomic E-state index is 0.676. The molecular formula is C46H29N3O. The number of nitrogens with zero attached hydrogens (tertiary/aromatic N) is 3. The highest BCUT2D eigenvalue weighted by molar-refractivity contribution is 6.10. The molecule has 0 unspecified atom stereocenters. The Kier molecular flexibility index (Phi) is 6.46. The van der Waals surface area contributed by atoms with Crippen LogP contribution in [0.1, 0.15) is 0 Å². The third kappa shape index (κ3) is 4.61. The van der Waals surface area contributed by atoms with Gasteiger partial charge in [0.2, 0.25) is 0 Å². The van der Waals surface area contributed by atoms with Gasteiger partial charge in [0, 0.05) is 33.0 Å². The zero-order chi connectivity index (χ0) is 33.0. The molecule has 234 valence electrons. The normalized spacial score (nSPS) is 11.6. The van der Waals surface area contributed by atoms with E-state index in [1.165, 1.54) is 21.8 Å². The molecule has 0 bridgehead atoms. The van der Waals surface area contributed by atoms with Gasteiger partial charge in [0.1, 0.15) is 16.8 Å². The van der Waals surface area contributed by atoms with Gasteiger partial charge < -0.3 is 8.98 Å². The average Bonchev–Trinajstić information content (AvgIpc) is 3.74. The second kappa shape index (κ2) is 11.4.